The Kier molecular flexibility index (Phi) is 3.33. The highest BCUT2D eigenvalue weighted by Gasteiger charge is 2.32. The molecule has 7 heteroatoms. The number of aromatic nitrogens is 2. The van der Waals surface area contributed by atoms with E-state index in [1.807, 2.05) is 6.92 Å². The molecule has 0 radical (unpaired) electrons. The summed E-state index contributed by atoms with van der Waals surface area (Å²) in [5.74, 6) is -0.696. The molecule has 2 heterocycles. The van der Waals surface area contributed by atoms with Crippen molar-refractivity contribution in [3.05, 3.63) is 17.5 Å². The van der Waals surface area contributed by atoms with Gasteiger partial charge in [-0.1, -0.05) is 0 Å². The van der Waals surface area contributed by atoms with Crippen LogP contribution in [0.15, 0.2) is 6.07 Å². The first-order valence-electron chi connectivity index (χ1n) is 5.82. The van der Waals surface area contributed by atoms with Crippen LogP contribution in [0.2, 0.25) is 0 Å². The van der Waals surface area contributed by atoms with Crippen molar-refractivity contribution in [3.8, 4) is 0 Å². The second-order valence-corrected chi connectivity index (χ2v) is 4.42. The van der Waals surface area contributed by atoms with E-state index in [4.69, 9.17) is 5.73 Å². The summed E-state index contributed by atoms with van der Waals surface area (Å²) in [5.41, 5.74) is 6.56. The van der Waals surface area contributed by atoms with Gasteiger partial charge in [-0.15, -0.1) is 0 Å². The highest BCUT2D eigenvalue weighted by Crippen LogP contribution is 2.11. The second kappa shape index (κ2) is 4.77. The van der Waals surface area contributed by atoms with E-state index in [0.29, 0.717) is 25.3 Å². The quantitative estimate of drug-likeness (QED) is 0.678. The van der Waals surface area contributed by atoms with Gasteiger partial charge < -0.3 is 16.0 Å². The van der Waals surface area contributed by atoms with Gasteiger partial charge in [-0.05, 0) is 13.0 Å². The number of rotatable bonds is 2. The number of carbonyl (C=O) groups excluding carboxylic acids is 2. The number of nitrogens with two attached hydrogens (primary N) is 1. The predicted octanol–water partition coefficient (Wildman–Crippen LogP) is -1.37. The molecule has 2 rings (SSSR count). The molecule has 1 fully saturated rings. The standard InChI is InChI=1S/C11H17N5O2/c1-7-5-8(15(2)14-7)11(18)16-4-3-13-6-9(16)10(12)17/h5,9,13H,3-4,6H2,1-2H3,(H2,12,17). The van der Waals surface area contributed by atoms with Crippen LogP contribution < -0.4 is 11.1 Å². The fraction of sp³-hybridized carbons (Fsp3) is 0.545. The Balaban J connectivity index is 2.26. The lowest BCUT2D eigenvalue weighted by Gasteiger charge is -2.34. The number of aryl methyl sites for hydroxylation is 2. The molecule has 0 aliphatic carbocycles. The third-order valence-corrected chi connectivity index (χ3v) is 3.05. The van der Waals surface area contributed by atoms with Gasteiger partial charge in [-0.3, -0.25) is 14.3 Å². The van der Waals surface area contributed by atoms with Crippen LogP contribution in [0.3, 0.4) is 0 Å². The third-order valence-electron chi connectivity index (χ3n) is 3.05. The Bertz CT molecular complexity index is 482. The first-order chi connectivity index (χ1) is 8.50. The van der Waals surface area contributed by atoms with Crippen molar-refractivity contribution < 1.29 is 9.59 Å². The summed E-state index contributed by atoms with van der Waals surface area (Å²) in [6, 6.07) is 1.11. The van der Waals surface area contributed by atoms with E-state index in [9.17, 15) is 9.59 Å². The Morgan fingerprint density at radius 1 is 1.56 bits per heavy atom. The van der Waals surface area contributed by atoms with E-state index in [1.165, 1.54) is 9.58 Å². The van der Waals surface area contributed by atoms with Crippen molar-refractivity contribution in [2.45, 2.75) is 13.0 Å². The Morgan fingerprint density at radius 2 is 2.28 bits per heavy atom. The monoisotopic (exact) mass is 251 g/mol. The largest absolute Gasteiger partial charge is 0.368 e. The van der Waals surface area contributed by atoms with Crippen molar-refractivity contribution in [1.29, 1.82) is 0 Å². The fourth-order valence-corrected chi connectivity index (χ4v) is 2.16. The summed E-state index contributed by atoms with van der Waals surface area (Å²) >= 11 is 0. The number of nitrogens with zero attached hydrogens (tertiary/aromatic N) is 3. The summed E-state index contributed by atoms with van der Waals surface area (Å²) in [5, 5.41) is 7.19. The maximum Gasteiger partial charge on any atom is 0.272 e. The van der Waals surface area contributed by atoms with E-state index in [-0.39, 0.29) is 5.91 Å². The maximum atomic E-state index is 12.4. The van der Waals surface area contributed by atoms with Gasteiger partial charge in [0, 0.05) is 26.7 Å². The lowest BCUT2D eigenvalue weighted by molar-refractivity contribution is -0.122. The third kappa shape index (κ3) is 2.21. The predicted molar refractivity (Wildman–Crippen MR) is 64.8 cm³/mol. The number of piperazine rings is 1. The van der Waals surface area contributed by atoms with Gasteiger partial charge in [0.1, 0.15) is 11.7 Å². The summed E-state index contributed by atoms with van der Waals surface area (Å²) in [6.07, 6.45) is 0. The molecule has 7 nitrogen and oxygen atoms in total. The van der Waals surface area contributed by atoms with Gasteiger partial charge in [0.15, 0.2) is 0 Å². The molecule has 1 unspecified atom stereocenters. The van der Waals surface area contributed by atoms with Crippen LogP contribution in [0.25, 0.3) is 0 Å². The molecule has 0 aromatic carbocycles. The lowest BCUT2D eigenvalue weighted by atomic mass is 10.1. The minimum absolute atomic E-state index is 0.205. The zero-order chi connectivity index (χ0) is 13.3. The highest BCUT2D eigenvalue weighted by molar-refractivity contribution is 5.96. The van der Waals surface area contributed by atoms with Crippen LogP contribution in [0.5, 0.6) is 0 Å². The number of nitrogens with one attached hydrogen (secondary N) is 1. The van der Waals surface area contributed by atoms with Crippen LogP contribution in [0, 0.1) is 6.92 Å². The summed E-state index contributed by atoms with van der Waals surface area (Å²) in [4.78, 5) is 25.2. The second-order valence-electron chi connectivity index (χ2n) is 4.42. The molecule has 1 saturated heterocycles. The lowest BCUT2D eigenvalue weighted by Crippen LogP contribution is -2.58. The summed E-state index contributed by atoms with van der Waals surface area (Å²) in [7, 11) is 1.71. The number of primary amides is 1. The molecule has 1 aliphatic heterocycles. The van der Waals surface area contributed by atoms with Crippen LogP contribution in [0.4, 0.5) is 0 Å². The van der Waals surface area contributed by atoms with Crippen LogP contribution in [-0.4, -0.2) is 52.2 Å². The van der Waals surface area contributed by atoms with E-state index in [1.54, 1.807) is 13.1 Å². The molecule has 98 valence electrons. The van der Waals surface area contributed by atoms with Crippen LogP contribution >= 0.6 is 0 Å². The number of carbonyl (C=O) groups is 2. The number of hydrogen-bond acceptors (Lipinski definition) is 4. The average Bonchev–Trinajstić information content (AvgIpc) is 2.67. The Labute approximate surface area is 105 Å². The van der Waals surface area contributed by atoms with Gasteiger partial charge in [0.05, 0.1) is 5.69 Å². The van der Waals surface area contributed by atoms with Crippen molar-refractivity contribution in [1.82, 2.24) is 20.0 Å². The number of hydrogen-bond donors (Lipinski definition) is 2. The van der Waals surface area contributed by atoms with E-state index < -0.39 is 11.9 Å². The van der Waals surface area contributed by atoms with Gasteiger partial charge >= 0.3 is 0 Å². The minimum Gasteiger partial charge on any atom is -0.368 e. The molecule has 1 aliphatic rings. The van der Waals surface area contributed by atoms with Gasteiger partial charge in [-0.2, -0.15) is 5.10 Å². The molecule has 1 atom stereocenters. The van der Waals surface area contributed by atoms with E-state index >= 15 is 0 Å². The fourth-order valence-electron chi connectivity index (χ4n) is 2.16. The van der Waals surface area contributed by atoms with Gasteiger partial charge in [0.25, 0.3) is 5.91 Å². The van der Waals surface area contributed by atoms with Crippen molar-refractivity contribution in [2.75, 3.05) is 19.6 Å². The summed E-state index contributed by atoms with van der Waals surface area (Å²) in [6.45, 7) is 3.35. The smallest absolute Gasteiger partial charge is 0.272 e. The molecule has 18 heavy (non-hydrogen) atoms. The minimum atomic E-state index is -0.596. The zero-order valence-corrected chi connectivity index (χ0v) is 10.5. The molecule has 0 saturated carbocycles. The van der Waals surface area contributed by atoms with Gasteiger partial charge in [-0.25, -0.2) is 0 Å². The molecule has 2 amide bonds. The van der Waals surface area contributed by atoms with Crippen molar-refractivity contribution >= 4 is 11.8 Å². The molecule has 0 bridgehead atoms. The maximum absolute atomic E-state index is 12.4. The van der Waals surface area contributed by atoms with Crippen molar-refractivity contribution in [2.24, 2.45) is 12.8 Å². The first-order valence-corrected chi connectivity index (χ1v) is 5.82. The van der Waals surface area contributed by atoms with E-state index in [2.05, 4.69) is 10.4 Å². The van der Waals surface area contributed by atoms with Crippen LogP contribution in [-0.2, 0) is 11.8 Å². The van der Waals surface area contributed by atoms with Crippen LogP contribution in [0.1, 0.15) is 16.2 Å². The molecule has 0 spiro atoms. The number of amides is 2. The highest BCUT2D eigenvalue weighted by atomic mass is 16.2. The molecule has 1 aromatic heterocycles. The van der Waals surface area contributed by atoms with Gasteiger partial charge in [0.2, 0.25) is 5.91 Å². The van der Waals surface area contributed by atoms with Crippen molar-refractivity contribution in [3.63, 3.8) is 0 Å². The summed E-state index contributed by atoms with van der Waals surface area (Å²) < 4.78 is 1.53. The normalized spacial score (nSPS) is 19.9. The zero-order valence-electron chi connectivity index (χ0n) is 10.5. The van der Waals surface area contributed by atoms with E-state index in [0.717, 1.165) is 5.69 Å². The molecule has 3 N–H and O–H groups in total. The SMILES string of the molecule is Cc1cc(C(=O)N2CCNCC2C(N)=O)n(C)n1. The molecular weight excluding hydrogens is 234 g/mol. The average molecular weight is 251 g/mol. The first kappa shape index (κ1) is 12.6. The molecular formula is C11H17N5O2. The molecule has 1 aromatic rings. The Morgan fingerprint density at radius 3 is 2.83 bits per heavy atom. The topological polar surface area (TPSA) is 93.3 Å². The Hall–Kier alpha value is -1.89.